The van der Waals surface area contributed by atoms with Crippen molar-refractivity contribution in [2.75, 3.05) is 23.7 Å². The minimum Gasteiger partial charge on any atom is -0.337 e. The van der Waals surface area contributed by atoms with E-state index in [1.807, 2.05) is 49.4 Å². The van der Waals surface area contributed by atoms with E-state index < -0.39 is 10.0 Å². The number of hydrogen-bond donors (Lipinski definition) is 0. The molecule has 0 saturated heterocycles. The summed E-state index contributed by atoms with van der Waals surface area (Å²) in [4.78, 5) is 18.9. The van der Waals surface area contributed by atoms with E-state index in [1.54, 1.807) is 29.3 Å². The Morgan fingerprint density at radius 3 is 2.39 bits per heavy atom. The highest BCUT2D eigenvalue weighted by molar-refractivity contribution is 7.92. The topological polar surface area (TPSA) is 70.6 Å². The molecule has 28 heavy (non-hydrogen) atoms. The molecule has 0 unspecified atom stereocenters. The number of hydrogen-bond acceptors (Lipinski definition) is 4. The van der Waals surface area contributed by atoms with Gasteiger partial charge in [-0.3, -0.25) is 14.1 Å². The summed E-state index contributed by atoms with van der Waals surface area (Å²) in [6.07, 6.45) is 2.72. The maximum atomic E-state index is 12.9. The van der Waals surface area contributed by atoms with Crippen molar-refractivity contribution < 1.29 is 13.2 Å². The Morgan fingerprint density at radius 1 is 1.00 bits per heavy atom. The number of anilines is 1. The van der Waals surface area contributed by atoms with Crippen molar-refractivity contribution in [3.63, 3.8) is 0 Å². The molecule has 0 aliphatic rings. The average Bonchev–Trinajstić information content (AvgIpc) is 2.69. The van der Waals surface area contributed by atoms with Gasteiger partial charge in [-0.1, -0.05) is 48.5 Å². The van der Waals surface area contributed by atoms with Gasteiger partial charge in [0.25, 0.3) is 0 Å². The summed E-state index contributed by atoms with van der Waals surface area (Å²) in [5.74, 6) is -0.260. The highest BCUT2D eigenvalue weighted by atomic mass is 32.2. The van der Waals surface area contributed by atoms with Crippen molar-refractivity contribution in [3.8, 4) is 0 Å². The molecule has 3 rings (SSSR count). The molecule has 1 aromatic heterocycles. The van der Waals surface area contributed by atoms with Crippen LogP contribution in [-0.2, 0) is 21.4 Å². The summed E-state index contributed by atoms with van der Waals surface area (Å²) in [6.45, 7) is 2.53. The summed E-state index contributed by atoms with van der Waals surface area (Å²) in [7, 11) is -3.67. The molecule has 7 heteroatoms. The number of nitrogens with zero attached hydrogens (tertiary/aromatic N) is 3. The Balaban J connectivity index is 1.91. The van der Waals surface area contributed by atoms with Crippen molar-refractivity contribution in [2.45, 2.75) is 13.5 Å². The lowest BCUT2D eigenvalue weighted by atomic mass is 10.2. The SMILES string of the molecule is CCN(Cc1ccccc1)C(=O)CN(c1cccc2cccnc12)S(C)(=O)=O. The molecule has 0 saturated carbocycles. The van der Waals surface area contributed by atoms with Crippen molar-refractivity contribution in [3.05, 3.63) is 72.4 Å². The van der Waals surface area contributed by atoms with Gasteiger partial charge in [-0.15, -0.1) is 0 Å². The zero-order chi connectivity index (χ0) is 20.1. The van der Waals surface area contributed by atoms with Crippen molar-refractivity contribution in [2.24, 2.45) is 0 Å². The number of carbonyl (C=O) groups excluding carboxylic acids is 1. The van der Waals surface area contributed by atoms with Crippen LogP contribution in [0.15, 0.2) is 66.9 Å². The number of carbonyl (C=O) groups is 1. The Morgan fingerprint density at radius 2 is 1.71 bits per heavy atom. The predicted molar refractivity (Wildman–Crippen MR) is 111 cm³/mol. The molecule has 0 aliphatic heterocycles. The van der Waals surface area contributed by atoms with Gasteiger partial charge in [-0.05, 0) is 24.6 Å². The Labute approximate surface area is 165 Å². The summed E-state index contributed by atoms with van der Waals surface area (Å²) < 4.78 is 26.2. The lowest BCUT2D eigenvalue weighted by molar-refractivity contribution is -0.129. The fourth-order valence-electron chi connectivity index (χ4n) is 3.07. The van der Waals surface area contributed by atoms with Crippen LogP contribution in [0.1, 0.15) is 12.5 Å². The first-order valence-corrected chi connectivity index (χ1v) is 10.9. The van der Waals surface area contributed by atoms with Gasteiger partial charge in [0.05, 0.1) is 17.5 Å². The van der Waals surface area contributed by atoms with Crippen LogP contribution in [-0.4, -0.2) is 43.6 Å². The fourth-order valence-corrected chi connectivity index (χ4v) is 3.92. The lowest BCUT2D eigenvalue weighted by Crippen LogP contribution is -2.42. The van der Waals surface area contributed by atoms with Crippen molar-refractivity contribution >= 4 is 32.5 Å². The zero-order valence-corrected chi connectivity index (χ0v) is 16.8. The fraction of sp³-hybridized carbons (Fsp3) is 0.238. The molecular weight excluding hydrogens is 374 g/mol. The monoisotopic (exact) mass is 397 g/mol. The molecule has 3 aromatic rings. The summed E-state index contributed by atoms with van der Waals surface area (Å²) in [6, 6.07) is 18.6. The number of rotatable bonds is 7. The Bertz CT molecular complexity index is 1060. The molecule has 146 valence electrons. The van der Waals surface area contributed by atoms with Gasteiger partial charge < -0.3 is 4.90 Å². The van der Waals surface area contributed by atoms with Crippen LogP contribution in [0.5, 0.6) is 0 Å². The van der Waals surface area contributed by atoms with Gasteiger partial charge in [-0.25, -0.2) is 8.42 Å². The Kier molecular flexibility index (Phi) is 5.94. The molecule has 0 radical (unpaired) electrons. The van der Waals surface area contributed by atoms with E-state index in [2.05, 4.69) is 4.98 Å². The maximum Gasteiger partial charge on any atom is 0.243 e. The van der Waals surface area contributed by atoms with Gasteiger partial charge in [0.15, 0.2) is 0 Å². The molecule has 0 spiro atoms. The van der Waals surface area contributed by atoms with E-state index in [9.17, 15) is 13.2 Å². The number of benzene rings is 2. The first-order valence-electron chi connectivity index (χ1n) is 9.03. The van der Waals surface area contributed by atoms with Crippen LogP contribution in [0.25, 0.3) is 10.9 Å². The number of para-hydroxylation sites is 1. The molecule has 0 bridgehead atoms. The number of pyridine rings is 1. The van der Waals surface area contributed by atoms with Crippen LogP contribution in [0.4, 0.5) is 5.69 Å². The Hall–Kier alpha value is -2.93. The average molecular weight is 398 g/mol. The van der Waals surface area contributed by atoms with Crippen LogP contribution in [0.2, 0.25) is 0 Å². The van der Waals surface area contributed by atoms with Crippen LogP contribution >= 0.6 is 0 Å². The normalized spacial score (nSPS) is 11.4. The largest absolute Gasteiger partial charge is 0.337 e. The second-order valence-electron chi connectivity index (χ2n) is 6.52. The third-order valence-electron chi connectivity index (χ3n) is 4.51. The van der Waals surface area contributed by atoms with E-state index in [0.29, 0.717) is 24.3 Å². The van der Waals surface area contributed by atoms with Crippen molar-refractivity contribution in [1.29, 1.82) is 0 Å². The summed E-state index contributed by atoms with van der Waals surface area (Å²) >= 11 is 0. The number of sulfonamides is 1. The quantitative estimate of drug-likeness (QED) is 0.614. The molecule has 6 nitrogen and oxygen atoms in total. The predicted octanol–water partition coefficient (Wildman–Crippen LogP) is 3.05. The van der Waals surface area contributed by atoms with E-state index >= 15 is 0 Å². The van der Waals surface area contributed by atoms with E-state index in [-0.39, 0.29) is 12.5 Å². The van der Waals surface area contributed by atoms with Gasteiger partial charge in [-0.2, -0.15) is 0 Å². The highest BCUT2D eigenvalue weighted by Crippen LogP contribution is 2.26. The van der Waals surface area contributed by atoms with E-state index in [1.165, 1.54) is 0 Å². The molecular formula is C21H23N3O3S. The van der Waals surface area contributed by atoms with Crippen LogP contribution < -0.4 is 4.31 Å². The number of amides is 1. The van der Waals surface area contributed by atoms with E-state index in [0.717, 1.165) is 21.5 Å². The van der Waals surface area contributed by atoms with Gasteiger partial charge in [0.2, 0.25) is 15.9 Å². The second-order valence-corrected chi connectivity index (χ2v) is 8.42. The van der Waals surface area contributed by atoms with Gasteiger partial charge in [0.1, 0.15) is 6.54 Å². The summed E-state index contributed by atoms with van der Waals surface area (Å²) in [5, 5.41) is 0.817. The number of fused-ring (bicyclic) bond motifs is 1. The van der Waals surface area contributed by atoms with Gasteiger partial charge >= 0.3 is 0 Å². The summed E-state index contributed by atoms with van der Waals surface area (Å²) in [5.41, 5.74) is 1.95. The second kappa shape index (κ2) is 8.39. The van der Waals surface area contributed by atoms with Crippen molar-refractivity contribution in [1.82, 2.24) is 9.88 Å². The molecule has 0 aliphatic carbocycles. The molecule has 2 aromatic carbocycles. The smallest absolute Gasteiger partial charge is 0.243 e. The van der Waals surface area contributed by atoms with Crippen LogP contribution in [0.3, 0.4) is 0 Å². The lowest BCUT2D eigenvalue weighted by Gasteiger charge is -2.27. The third-order valence-corrected chi connectivity index (χ3v) is 5.64. The minimum atomic E-state index is -3.67. The maximum absolute atomic E-state index is 12.9. The first kappa shape index (κ1) is 19.8. The zero-order valence-electron chi connectivity index (χ0n) is 15.9. The molecule has 1 heterocycles. The third kappa shape index (κ3) is 4.48. The molecule has 0 N–H and O–H groups in total. The number of likely N-dealkylation sites (N-methyl/N-ethyl adjacent to an activating group) is 1. The van der Waals surface area contributed by atoms with Crippen LogP contribution in [0, 0.1) is 0 Å². The molecule has 0 atom stereocenters. The standard InChI is InChI=1S/C21H23N3O3S/c1-3-23(15-17-9-5-4-6-10-17)20(25)16-24(28(2,26)27)19-13-7-11-18-12-8-14-22-21(18)19/h4-14H,3,15-16H2,1-2H3. The first-order chi connectivity index (χ1) is 13.4. The molecule has 1 amide bonds. The van der Waals surface area contributed by atoms with Gasteiger partial charge in [0, 0.05) is 24.7 Å². The van der Waals surface area contributed by atoms with E-state index in [4.69, 9.17) is 0 Å². The minimum absolute atomic E-state index is 0.260. The molecule has 0 fully saturated rings. The number of aromatic nitrogens is 1. The highest BCUT2D eigenvalue weighted by Gasteiger charge is 2.25.